The number of rotatable bonds is 2. The fourth-order valence-corrected chi connectivity index (χ4v) is 4.18. The number of sulfonamides is 1. The van der Waals surface area contributed by atoms with E-state index in [1.807, 2.05) is 6.92 Å². The average Bonchev–Trinajstić information content (AvgIpc) is 2.51. The van der Waals surface area contributed by atoms with E-state index in [9.17, 15) is 17.2 Å². The summed E-state index contributed by atoms with van der Waals surface area (Å²) in [6.07, 6.45) is 0. The summed E-state index contributed by atoms with van der Waals surface area (Å²) in [7, 11) is -3.91. The minimum atomic E-state index is -3.91. The number of hydrogen-bond acceptors (Lipinski definition) is 3. The lowest BCUT2D eigenvalue weighted by Gasteiger charge is -2.35. The largest absolute Gasteiger partial charge is 0.486 e. The van der Waals surface area contributed by atoms with Gasteiger partial charge in [0.25, 0.3) is 10.0 Å². The first-order valence-corrected chi connectivity index (χ1v) is 8.48. The van der Waals surface area contributed by atoms with Gasteiger partial charge in [0.05, 0.1) is 16.6 Å². The van der Waals surface area contributed by atoms with Crippen LogP contribution in [-0.4, -0.2) is 21.1 Å². The summed E-state index contributed by atoms with van der Waals surface area (Å²) in [6.45, 7) is 3.44. The highest BCUT2D eigenvalue weighted by atomic mass is 32.2. The van der Waals surface area contributed by atoms with Crippen LogP contribution in [0.1, 0.15) is 12.5 Å². The first-order valence-electron chi connectivity index (χ1n) is 7.04. The first-order chi connectivity index (χ1) is 10.8. The van der Waals surface area contributed by atoms with Crippen LogP contribution in [0.4, 0.5) is 14.5 Å². The van der Waals surface area contributed by atoms with Crippen LogP contribution in [0.5, 0.6) is 5.75 Å². The number of nitrogens with zero attached hydrogens (tertiary/aromatic N) is 1. The molecule has 7 heteroatoms. The van der Waals surface area contributed by atoms with Gasteiger partial charge >= 0.3 is 0 Å². The molecule has 1 atom stereocenters. The maximum atomic E-state index is 13.9. The Morgan fingerprint density at radius 3 is 2.43 bits per heavy atom. The first kappa shape index (κ1) is 15.7. The molecule has 0 spiro atoms. The van der Waals surface area contributed by atoms with Gasteiger partial charge in [-0.25, -0.2) is 12.8 Å². The SMILES string of the molecule is Cc1ccc(S(=O)(=O)N2c3ccc(F)c(F)c3OC[C@@H]2C)cc1. The van der Waals surface area contributed by atoms with Gasteiger partial charge in [0.1, 0.15) is 6.61 Å². The molecule has 0 saturated carbocycles. The van der Waals surface area contributed by atoms with Crippen LogP contribution in [-0.2, 0) is 10.0 Å². The molecule has 0 N–H and O–H groups in total. The van der Waals surface area contributed by atoms with Crippen LogP contribution in [0.3, 0.4) is 0 Å². The van der Waals surface area contributed by atoms with E-state index in [1.54, 1.807) is 19.1 Å². The molecule has 1 aliphatic heterocycles. The lowest BCUT2D eigenvalue weighted by atomic mass is 10.2. The molecule has 0 unspecified atom stereocenters. The van der Waals surface area contributed by atoms with Gasteiger partial charge in [0.15, 0.2) is 11.6 Å². The van der Waals surface area contributed by atoms with E-state index in [0.29, 0.717) is 0 Å². The van der Waals surface area contributed by atoms with Crippen LogP contribution in [0.2, 0.25) is 0 Å². The summed E-state index contributed by atoms with van der Waals surface area (Å²) in [5.41, 5.74) is 0.927. The van der Waals surface area contributed by atoms with Gasteiger partial charge in [-0.2, -0.15) is 4.39 Å². The molecule has 0 amide bonds. The van der Waals surface area contributed by atoms with Crippen LogP contribution in [0, 0.1) is 18.6 Å². The molecule has 0 saturated heterocycles. The Hall–Kier alpha value is -2.15. The van der Waals surface area contributed by atoms with Crippen molar-refractivity contribution in [2.24, 2.45) is 0 Å². The molecule has 0 aliphatic carbocycles. The van der Waals surface area contributed by atoms with Gasteiger partial charge in [-0.15, -0.1) is 0 Å². The van der Waals surface area contributed by atoms with Gasteiger partial charge < -0.3 is 4.74 Å². The molecule has 2 aromatic carbocycles. The van der Waals surface area contributed by atoms with Crippen LogP contribution < -0.4 is 9.04 Å². The number of benzene rings is 2. The molecule has 3 rings (SSSR count). The van der Waals surface area contributed by atoms with Crippen molar-refractivity contribution in [2.75, 3.05) is 10.9 Å². The van der Waals surface area contributed by atoms with Crippen molar-refractivity contribution in [3.8, 4) is 5.75 Å². The van der Waals surface area contributed by atoms with E-state index in [0.717, 1.165) is 15.9 Å². The van der Waals surface area contributed by atoms with E-state index in [4.69, 9.17) is 4.74 Å². The minimum Gasteiger partial charge on any atom is -0.486 e. The van der Waals surface area contributed by atoms with E-state index < -0.39 is 27.7 Å². The summed E-state index contributed by atoms with van der Waals surface area (Å²) >= 11 is 0. The summed E-state index contributed by atoms with van der Waals surface area (Å²) in [5, 5.41) is 0. The molecule has 2 aromatic rings. The quantitative estimate of drug-likeness (QED) is 0.844. The summed E-state index contributed by atoms with van der Waals surface area (Å²) in [5.74, 6) is -2.64. The zero-order chi connectivity index (χ0) is 16.8. The van der Waals surface area contributed by atoms with Crippen molar-refractivity contribution >= 4 is 15.7 Å². The van der Waals surface area contributed by atoms with Crippen molar-refractivity contribution in [1.82, 2.24) is 0 Å². The third-order valence-corrected chi connectivity index (χ3v) is 5.66. The van der Waals surface area contributed by atoms with E-state index in [1.165, 1.54) is 18.2 Å². The Bertz CT molecular complexity index is 850. The number of ether oxygens (including phenoxy) is 1. The molecule has 0 bridgehead atoms. The molecule has 4 nitrogen and oxygen atoms in total. The standard InChI is InChI=1S/C16H15F2NO3S/c1-10-3-5-12(6-4-10)23(20,21)19-11(2)9-22-16-14(19)8-7-13(17)15(16)18/h3-8,11H,9H2,1-2H3/t11-/m0/s1. The molecular weight excluding hydrogens is 324 g/mol. The second kappa shape index (κ2) is 5.49. The Kier molecular flexibility index (Phi) is 3.75. The Morgan fingerprint density at radius 1 is 1.13 bits per heavy atom. The third-order valence-electron chi connectivity index (χ3n) is 3.71. The summed E-state index contributed by atoms with van der Waals surface area (Å²) in [4.78, 5) is 0.0903. The maximum absolute atomic E-state index is 13.9. The monoisotopic (exact) mass is 339 g/mol. The molecule has 0 radical (unpaired) electrons. The van der Waals surface area contributed by atoms with Gasteiger partial charge in [-0.1, -0.05) is 17.7 Å². The molecule has 1 aliphatic rings. The van der Waals surface area contributed by atoms with Gasteiger partial charge in [-0.3, -0.25) is 4.31 Å². The smallest absolute Gasteiger partial charge is 0.264 e. The zero-order valence-corrected chi connectivity index (χ0v) is 13.4. The average molecular weight is 339 g/mol. The Labute approximate surface area is 133 Å². The predicted octanol–water partition coefficient (Wildman–Crippen LogP) is 3.25. The van der Waals surface area contributed by atoms with Gasteiger partial charge in [-0.05, 0) is 38.1 Å². The molecule has 0 fully saturated rings. The van der Waals surface area contributed by atoms with Crippen molar-refractivity contribution in [3.63, 3.8) is 0 Å². The molecular formula is C16H15F2NO3S. The number of fused-ring (bicyclic) bond motifs is 1. The third kappa shape index (κ3) is 2.55. The molecule has 0 aromatic heterocycles. The van der Waals surface area contributed by atoms with Crippen molar-refractivity contribution < 1.29 is 21.9 Å². The topological polar surface area (TPSA) is 46.6 Å². The van der Waals surface area contributed by atoms with Crippen molar-refractivity contribution in [2.45, 2.75) is 24.8 Å². The predicted molar refractivity (Wildman–Crippen MR) is 82.2 cm³/mol. The Morgan fingerprint density at radius 2 is 1.78 bits per heavy atom. The number of halogens is 2. The molecule has 23 heavy (non-hydrogen) atoms. The lowest BCUT2D eigenvalue weighted by Crippen LogP contribution is -2.45. The summed E-state index contributed by atoms with van der Waals surface area (Å²) in [6, 6.07) is 7.92. The van der Waals surface area contributed by atoms with Crippen molar-refractivity contribution in [1.29, 1.82) is 0 Å². The molecule has 122 valence electrons. The highest BCUT2D eigenvalue weighted by molar-refractivity contribution is 7.92. The van der Waals surface area contributed by atoms with Crippen molar-refractivity contribution in [3.05, 3.63) is 53.6 Å². The van der Waals surface area contributed by atoms with Crippen LogP contribution in [0.15, 0.2) is 41.3 Å². The zero-order valence-electron chi connectivity index (χ0n) is 12.6. The highest BCUT2D eigenvalue weighted by Crippen LogP contribution is 2.40. The Balaban J connectivity index is 2.16. The maximum Gasteiger partial charge on any atom is 0.264 e. The normalized spacial score (nSPS) is 17.6. The highest BCUT2D eigenvalue weighted by Gasteiger charge is 2.36. The number of hydrogen-bond donors (Lipinski definition) is 0. The second-order valence-electron chi connectivity index (χ2n) is 5.48. The number of anilines is 1. The summed E-state index contributed by atoms with van der Waals surface area (Å²) < 4.78 is 59.4. The van der Waals surface area contributed by atoms with Crippen LogP contribution >= 0.6 is 0 Å². The van der Waals surface area contributed by atoms with Crippen LogP contribution in [0.25, 0.3) is 0 Å². The lowest BCUT2D eigenvalue weighted by molar-refractivity contribution is 0.263. The second-order valence-corrected chi connectivity index (χ2v) is 7.30. The van der Waals surface area contributed by atoms with Gasteiger partial charge in [0.2, 0.25) is 5.82 Å². The molecule has 1 heterocycles. The van der Waals surface area contributed by atoms with E-state index in [2.05, 4.69) is 0 Å². The minimum absolute atomic E-state index is 0.00299. The fourth-order valence-electron chi connectivity index (χ4n) is 2.53. The van der Waals surface area contributed by atoms with E-state index in [-0.39, 0.29) is 22.9 Å². The van der Waals surface area contributed by atoms with E-state index >= 15 is 0 Å². The van der Waals surface area contributed by atoms with Gasteiger partial charge in [0, 0.05) is 0 Å². The number of aryl methyl sites for hydroxylation is 1. The fraction of sp³-hybridized carbons (Fsp3) is 0.250.